The molecule has 0 saturated heterocycles. The smallest absolute Gasteiger partial charge is 0.160 e. The Morgan fingerprint density at radius 1 is 0.763 bits per heavy atom. The van der Waals surface area contributed by atoms with Gasteiger partial charge in [-0.2, -0.15) is 5.26 Å². The van der Waals surface area contributed by atoms with E-state index in [4.69, 9.17) is 15.1 Å². The van der Waals surface area contributed by atoms with Gasteiger partial charge >= 0.3 is 0 Å². The molecule has 0 fully saturated rings. The van der Waals surface area contributed by atoms with Gasteiger partial charge in [-0.3, -0.25) is 5.41 Å². The fraction of sp³-hybridized carbons (Fsp3) is 0. The molecule has 2 aromatic heterocycles. The zero-order valence-electron chi connectivity index (χ0n) is 20.2. The van der Waals surface area contributed by atoms with Gasteiger partial charge in [-0.25, -0.2) is 4.99 Å². The highest BCUT2D eigenvalue weighted by Crippen LogP contribution is 2.39. The second-order valence-electron chi connectivity index (χ2n) is 9.18. The number of fused-ring (bicyclic) bond motifs is 7. The number of nitriles is 1. The van der Waals surface area contributed by atoms with Gasteiger partial charge in [0.2, 0.25) is 0 Å². The van der Waals surface area contributed by atoms with E-state index in [-0.39, 0.29) is 5.84 Å². The lowest BCUT2D eigenvalue weighted by atomic mass is 10.1. The third-order valence-corrected chi connectivity index (χ3v) is 6.96. The average Bonchev–Trinajstić information content (AvgIpc) is 3.52. The number of aromatic nitrogens is 1. The number of benzene rings is 5. The quantitative estimate of drug-likeness (QED) is 0.202. The molecule has 7 rings (SSSR count). The van der Waals surface area contributed by atoms with Crippen LogP contribution in [0.25, 0.3) is 49.4 Å². The number of nitrogens with zero attached hydrogens (tertiary/aromatic N) is 3. The van der Waals surface area contributed by atoms with E-state index in [1.165, 1.54) is 5.39 Å². The molecule has 38 heavy (non-hydrogen) atoms. The Morgan fingerprint density at radius 3 is 2.26 bits per heavy atom. The number of nitrogens with one attached hydrogen (secondary N) is 1. The van der Waals surface area contributed by atoms with Gasteiger partial charge in [-0.05, 0) is 60.2 Å². The maximum atomic E-state index is 8.97. The van der Waals surface area contributed by atoms with Gasteiger partial charge in [0.15, 0.2) is 11.4 Å². The average molecular weight is 489 g/mol. The van der Waals surface area contributed by atoms with Gasteiger partial charge in [0.25, 0.3) is 0 Å². The van der Waals surface area contributed by atoms with Gasteiger partial charge in [-0.15, -0.1) is 0 Å². The molecule has 0 atom stereocenters. The van der Waals surface area contributed by atoms with Crippen molar-refractivity contribution >= 4 is 55.8 Å². The number of furan rings is 1. The van der Waals surface area contributed by atoms with E-state index in [9.17, 15) is 0 Å². The van der Waals surface area contributed by atoms with Crippen molar-refractivity contribution in [2.24, 2.45) is 4.99 Å². The van der Waals surface area contributed by atoms with Crippen molar-refractivity contribution in [3.63, 3.8) is 0 Å². The summed E-state index contributed by atoms with van der Waals surface area (Å²) in [6.07, 6.45) is 1.69. The minimum Gasteiger partial charge on any atom is -0.454 e. The second kappa shape index (κ2) is 8.58. The number of aliphatic imine (C=N–C) groups is 1. The van der Waals surface area contributed by atoms with E-state index in [2.05, 4.69) is 70.2 Å². The number of amidine groups is 1. The summed E-state index contributed by atoms with van der Waals surface area (Å²) in [7, 11) is 0. The van der Waals surface area contributed by atoms with Crippen LogP contribution in [0.1, 0.15) is 16.7 Å². The third-order valence-electron chi connectivity index (χ3n) is 6.96. The maximum absolute atomic E-state index is 8.97. The lowest BCUT2D eigenvalue weighted by molar-refractivity contribution is 0.671. The van der Waals surface area contributed by atoms with Gasteiger partial charge in [0, 0.05) is 39.0 Å². The normalized spacial score (nSPS) is 11.7. The third kappa shape index (κ3) is 3.40. The van der Waals surface area contributed by atoms with E-state index in [0.717, 1.165) is 49.6 Å². The molecule has 0 aliphatic rings. The predicted molar refractivity (Wildman–Crippen MR) is 154 cm³/mol. The van der Waals surface area contributed by atoms with Crippen LogP contribution in [0.2, 0.25) is 0 Å². The van der Waals surface area contributed by atoms with Crippen LogP contribution in [-0.4, -0.2) is 16.6 Å². The molecule has 0 bridgehead atoms. The Kier molecular flexibility index (Phi) is 4.92. The van der Waals surface area contributed by atoms with Gasteiger partial charge < -0.3 is 8.98 Å². The van der Waals surface area contributed by atoms with Crippen molar-refractivity contribution < 1.29 is 4.42 Å². The Hall–Kier alpha value is -5.47. The minimum atomic E-state index is 0.147. The molecule has 1 N–H and O–H groups in total. The van der Waals surface area contributed by atoms with Crippen molar-refractivity contribution in [1.82, 2.24) is 4.57 Å². The fourth-order valence-corrected chi connectivity index (χ4v) is 5.12. The number of rotatable bonds is 3. The Balaban J connectivity index is 1.33. The summed E-state index contributed by atoms with van der Waals surface area (Å²) in [5.74, 6) is 0.147. The van der Waals surface area contributed by atoms with E-state index < -0.39 is 0 Å². The summed E-state index contributed by atoms with van der Waals surface area (Å²) in [6.45, 7) is 0. The minimum absolute atomic E-state index is 0.147. The Bertz CT molecular complexity index is 2090. The first kappa shape index (κ1) is 21.8. The largest absolute Gasteiger partial charge is 0.454 e. The molecule has 5 aromatic carbocycles. The van der Waals surface area contributed by atoms with E-state index >= 15 is 0 Å². The highest BCUT2D eigenvalue weighted by molar-refractivity contribution is 6.21. The fourth-order valence-electron chi connectivity index (χ4n) is 5.12. The summed E-state index contributed by atoms with van der Waals surface area (Å²) in [4.78, 5) is 4.33. The van der Waals surface area contributed by atoms with Crippen molar-refractivity contribution in [3.05, 3.63) is 126 Å². The zero-order valence-corrected chi connectivity index (χ0v) is 20.2. The monoisotopic (exact) mass is 488 g/mol. The molecule has 0 aliphatic carbocycles. The van der Waals surface area contributed by atoms with Crippen LogP contribution in [0.15, 0.2) is 119 Å². The molecule has 0 unspecified atom stereocenters. The molecule has 5 nitrogen and oxygen atoms in total. The first-order valence-electron chi connectivity index (χ1n) is 12.3. The molecular formula is C33H20N4O. The number of hydrogen-bond donors (Lipinski definition) is 1. The first-order valence-corrected chi connectivity index (χ1v) is 12.3. The summed E-state index contributed by atoms with van der Waals surface area (Å²) in [5.41, 5.74) is 7.04. The Morgan fingerprint density at radius 2 is 1.47 bits per heavy atom. The van der Waals surface area contributed by atoms with Crippen LogP contribution < -0.4 is 0 Å². The SMILES string of the molecule is N#Cc1ccc(C(=N)/N=C/c2ccc(-n3c4ccccc4c4ccc5c6ccccc6oc5c43)cc2)cc1. The molecule has 5 heteroatoms. The lowest BCUT2D eigenvalue weighted by Crippen LogP contribution is -1.97. The predicted octanol–water partition coefficient (Wildman–Crippen LogP) is 8.00. The summed E-state index contributed by atoms with van der Waals surface area (Å²) in [5, 5.41) is 21.8. The highest BCUT2D eigenvalue weighted by atomic mass is 16.3. The molecule has 0 amide bonds. The second-order valence-corrected chi connectivity index (χ2v) is 9.18. The van der Waals surface area contributed by atoms with Crippen molar-refractivity contribution in [3.8, 4) is 11.8 Å². The molecule has 7 aromatic rings. The van der Waals surface area contributed by atoms with Crippen LogP contribution in [0.3, 0.4) is 0 Å². The highest BCUT2D eigenvalue weighted by Gasteiger charge is 2.18. The number of para-hydroxylation sites is 2. The zero-order chi connectivity index (χ0) is 25.6. The molecule has 0 aliphatic heterocycles. The summed E-state index contributed by atoms with van der Waals surface area (Å²) in [6, 6.07) is 38.0. The number of hydrogen-bond acceptors (Lipinski definition) is 3. The van der Waals surface area contributed by atoms with Crippen LogP contribution in [0.4, 0.5) is 0 Å². The van der Waals surface area contributed by atoms with E-state index in [1.807, 2.05) is 30.3 Å². The van der Waals surface area contributed by atoms with Crippen molar-refractivity contribution in [1.29, 1.82) is 10.7 Å². The molecule has 178 valence electrons. The van der Waals surface area contributed by atoms with Crippen molar-refractivity contribution in [2.75, 3.05) is 0 Å². The maximum Gasteiger partial charge on any atom is 0.160 e. The van der Waals surface area contributed by atoms with Crippen LogP contribution in [0.5, 0.6) is 0 Å². The Labute approximate surface area is 218 Å². The molecule has 0 radical (unpaired) electrons. The lowest BCUT2D eigenvalue weighted by Gasteiger charge is -2.08. The van der Waals surface area contributed by atoms with E-state index in [1.54, 1.807) is 30.5 Å². The molecular weight excluding hydrogens is 468 g/mol. The summed E-state index contributed by atoms with van der Waals surface area (Å²) >= 11 is 0. The topological polar surface area (TPSA) is 78.1 Å². The van der Waals surface area contributed by atoms with Gasteiger partial charge in [0.1, 0.15) is 5.58 Å². The molecule has 0 spiro atoms. The van der Waals surface area contributed by atoms with Gasteiger partial charge in [-0.1, -0.05) is 54.6 Å². The summed E-state index contributed by atoms with van der Waals surface area (Å²) < 4.78 is 8.68. The first-order chi connectivity index (χ1) is 18.7. The van der Waals surface area contributed by atoms with Crippen molar-refractivity contribution in [2.45, 2.75) is 0 Å². The molecule has 2 heterocycles. The van der Waals surface area contributed by atoms with Crippen LogP contribution in [0, 0.1) is 16.7 Å². The van der Waals surface area contributed by atoms with Crippen LogP contribution >= 0.6 is 0 Å². The standard InChI is InChI=1S/C33H20N4O/c34-19-21-9-13-23(14-10-21)33(35)36-20-22-11-15-24(16-12-22)37-29-7-3-1-5-25(29)27-17-18-28-26-6-2-4-8-30(26)38-32(28)31(27)37/h1-18,20,35H/b35-33?,36-20+. The van der Waals surface area contributed by atoms with Gasteiger partial charge in [0.05, 0.1) is 22.7 Å². The van der Waals surface area contributed by atoms with E-state index in [0.29, 0.717) is 11.1 Å². The molecule has 0 saturated carbocycles. The van der Waals surface area contributed by atoms with Crippen LogP contribution in [-0.2, 0) is 0 Å².